The molecule has 5 amide bonds. The zero-order valence-electron chi connectivity index (χ0n) is 34.0. The molecule has 4 N–H and O–H groups in total. The van der Waals surface area contributed by atoms with E-state index in [1.54, 1.807) is 25.7 Å². The molecule has 1 heterocycles. The van der Waals surface area contributed by atoms with Gasteiger partial charge in [0.2, 0.25) is 17.6 Å². The van der Waals surface area contributed by atoms with Crippen LogP contribution in [0.2, 0.25) is 0 Å². The summed E-state index contributed by atoms with van der Waals surface area (Å²) in [5, 5.41) is 11.8. The summed E-state index contributed by atoms with van der Waals surface area (Å²) in [5.74, 6) is -2.43. The predicted octanol–water partition coefficient (Wildman–Crippen LogP) is 5.18. The Bertz CT molecular complexity index is 1470. The molecule has 302 valence electrons. The number of amides is 5. The fraction of sp³-hybridized carbons (Fsp3) is 0.875. The van der Waals surface area contributed by atoms with Gasteiger partial charge in [0.05, 0.1) is 22.1 Å². The largest absolute Gasteiger partial charge is 0.347 e. The van der Waals surface area contributed by atoms with Gasteiger partial charge < -0.3 is 26.2 Å². The second-order valence-electron chi connectivity index (χ2n) is 18.5. The van der Waals surface area contributed by atoms with E-state index in [-0.39, 0.29) is 41.4 Å². The number of ketones is 1. The van der Waals surface area contributed by atoms with Gasteiger partial charge in [0, 0.05) is 12.6 Å². The lowest BCUT2D eigenvalue weighted by molar-refractivity contribution is -0.146. The monoisotopic (exact) mass is 763 g/mol. The lowest BCUT2D eigenvalue weighted by atomic mass is 9.70. The molecule has 0 radical (unpaired) electrons. The van der Waals surface area contributed by atoms with Crippen LogP contribution in [0.3, 0.4) is 0 Å². The summed E-state index contributed by atoms with van der Waals surface area (Å²) < 4.78 is 25.9. The highest BCUT2D eigenvalue weighted by atomic mass is 32.2. The van der Waals surface area contributed by atoms with E-state index in [4.69, 9.17) is 0 Å². The van der Waals surface area contributed by atoms with Crippen molar-refractivity contribution in [2.75, 3.05) is 12.3 Å². The molecule has 0 aromatic heterocycles. The number of piperidine rings is 1. The first-order valence-corrected chi connectivity index (χ1v) is 22.1. The van der Waals surface area contributed by atoms with Crippen LogP contribution in [-0.2, 0) is 29.0 Å². The van der Waals surface area contributed by atoms with E-state index in [1.807, 2.05) is 27.7 Å². The molecule has 12 nitrogen and oxygen atoms in total. The second-order valence-corrected chi connectivity index (χ2v) is 21.3. The summed E-state index contributed by atoms with van der Waals surface area (Å²) in [6, 6.07) is -3.54. The number of carbonyl (C=O) groups excluding carboxylic acids is 5. The van der Waals surface area contributed by atoms with E-state index in [0.717, 1.165) is 51.4 Å². The average molecular weight is 764 g/mol. The standard InChI is InChI=1S/C40H69N5O7S/c1-10-19-28(31(46)34(48)41-26(11-2)12-3)42-33(47)30-29-27(38(29,7)8)24-45(30)35(49)32(39(9)20-15-13-16-21-39)43-36(50)44-40(22-17-14-18-23-40)25-53(51,52)37(4,5)6/h26-30,32H,10-25H2,1-9H3,(H,41,48)(H,42,47)(H2,43,44,50)/t27-,28?,29-,30-,32+/m0/s1. The minimum atomic E-state index is -3.57. The van der Waals surface area contributed by atoms with Crippen LogP contribution in [0.5, 0.6) is 0 Å². The van der Waals surface area contributed by atoms with Gasteiger partial charge in [-0.25, -0.2) is 13.2 Å². The number of sulfone groups is 1. The molecule has 1 aliphatic heterocycles. The Morgan fingerprint density at radius 3 is 1.91 bits per heavy atom. The fourth-order valence-corrected chi connectivity index (χ4v) is 10.9. The van der Waals surface area contributed by atoms with Crippen molar-refractivity contribution < 1.29 is 32.4 Å². The molecule has 53 heavy (non-hydrogen) atoms. The predicted molar refractivity (Wildman–Crippen MR) is 207 cm³/mol. The minimum Gasteiger partial charge on any atom is -0.347 e. The van der Waals surface area contributed by atoms with Gasteiger partial charge in [-0.2, -0.15) is 0 Å². The summed E-state index contributed by atoms with van der Waals surface area (Å²) in [6.45, 7) is 17.3. The third-order valence-corrected chi connectivity index (χ3v) is 16.1. The molecular weight excluding hydrogens is 695 g/mol. The van der Waals surface area contributed by atoms with Crippen molar-refractivity contribution in [3.63, 3.8) is 0 Å². The van der Waals surface area contributed by atoms with Crippen LogP contribution in [0.1, 0.15) is 152 Å². The normalized spacial score (nSPS) is 25.8. The number of likely N-dealkylation sites (tertiary alicyclic amines) is 1. The maximum absolute atomic E-state index is 14.9. The molecule has 4 aliphatic rings. The Morgan fingerprint density at radius 1 is 0.811 bits per heavy atom. The molecule has 0 bridgehead atoms. The van der Waals surface area contributed by atoms with E-state index in [9.17, 15) is 32.4 Å². The Hall–Kier alpha value is -2.70. The number of Topliss-reactive ketones (excluding diaryl/α,β-unsaturated/α-hetero) is 1. The lowest BCUT2D eigenvalue weighted by Crippen LogP contribution is -2.65. The number of rotatable bonds is 15. The third kappa shape index (κ3) is 9.40. The molecule has 0 aromatic rings. The molecular formula is C40H69N5O7S. The van der Waals surface area contributed by atoms with Gasteiger partial charge in [-0.15, -0.1) is 0 Å². The van der Waals surface area contributed by atoms with Crippen molar-refractivity contribution >= 4 is 39.4 Å². The smallest absolute Gasteiger partial charge is 0.315 e. The highest BCUT2D eigenvalue weighted by Gasteiger charge is 2.70. The van der Waals surface area contributed by atoms with Crippen molar-refractivity contribution in [2.45, 2.75) is 187 Å². The number of fused-ring (bicyclic) bond motifs is 1. The zero-order valence-corrected chi connectivity index (χ0v) is 34.8. The molecule has 1 unspecified atom stereocenters. The maximum Gasteiger partial charge on any atom is 0.315 e. The number of nitrogens with one attached hydrogen (secondary N) is 4. The van der Waals surface area contributed by atoms with Crippen molar-refractivity contribution in [1.82, 2.24) is 26.2 Å². The lowest BCUT2D eigenvalue weighted by Gasteiger charge is -2.44. The molecule has 5 atom stereocenters. The van der Waals surface area contributed by atoms with Crippen molar-refractivity contribution in [3.05, 3.63) is 0 Å². The van der Waals surface area contributed by atoms with Crippen molar-refractivity contribution in [3.8, 4) is 0 Å². The highest BCUT2D eigenvalue weighted by molar-refractivity contribution is 7.92. The third-order valence-electron chi connectivity index (χ3n) is 13.3. The van der Waals surface area contributed by atoms with Crippen LogP contribution >= 0.6 is 0 Å². The molecule has 3 saturated carbocycles. The van der Waals surface area contributed by atoms with Gasteiger partial charge in [-0.3, -0.25) is 19.2 Å². The Labute approximate surface area is 318 Å². The molecule has 4 rings (SSSR count). The Kier molecular flexibility index (Phi) is 13.5. The highest BCUT2D eigenvalue weighted by Crippen LogP contribution is 2.65. The quantitative estimate of drug-likeness (QED) is 0.167. The van der Waals surface area contributed by atoms with E-state index < -0.39 is 67.3 Å². The number of hydrogen-bond donors (Lipinski definition) is 4. The van der Waals surface area contributed by atoms with Gasteiger partial charge in [0.15, 0.2) is 9.84 Å². The first kappa shape index (κ1) is 43.0. The molecule has 13 heteroatoms. The summed E-state index contributed by atoms with van der Waals surface area (Å²) >= 11 is 0. The Balaban J connectivity index is 1.61. The fourth-order valence-electron chi connectivity index (χ4n) is 9.41. The van der Waals surface area contributed by atoms with E-state index >= 15 is 0 Å². The molecule has 0 aromatic carbocycles. The van der Waals surface area contributed by atoms with Crippen LogP contribution in [-0.4, -0.2) is 89.6 Å². The number of urea groups is 1. The number of carbonyl (C=O) groups is 5. The van der Waals surface area contributed by atoms with E-state index in [2.05, 4.69) is 35.1 Å². The maximum atomic E-state index is 14.9. The molecule has 3 aliphatic carbocycles. The van der Waals surface area contributed by atoms with Gasteiger partial charge >= 0.3 is 6.03 Å². The summed E-state index contributed by atoms with van der Waals surface area (Å²) in [7, 11) is -3.57. The number of nitrogens with zero attached hydrogens (tertiary/aromatic N) is 1. The summed E-state index contributed by atoms with van der Waals surface area (Å²) in [5.41, 5.74) is -1.73. The molecule has 4 fully saturated rings. The van der Waals surface area contributed by atoms with E-state index in [0.29, 0.717) is 38.6 Å². The zero-order chi connectivity index (χ0) is 39.6. The number of hydrogen-bond acceptors (Lipinski definition) is 7. The van der Waals surface area contributed by atoms with Gasteiger partial charge in [0.25, 0.3) is 5.91 Å². The topological polar surface area (TPSA) is 171 Å². The van der Waals surface area contributed by atoms with Crippen LogP contribution in [0.4, 0.5) is 4.79 Å². The first-order chi connectivity index (χ1) is 24.7. The van der Waals surface area contributed by atoms with Crippen LogP contribution in [0, 0.1) is 22.7 Å². The van der Waals surface area contributed by atoms with Crippen molar-refractivity contribution in [1.29, 1.82) is 0 Å². The SMILES string of the molecule is CCCC(NC(=O)[C@@H]1[C@@H]2[C@H](CN1C(=O)[C@@H](NC(=O)NC1(CS(=O)(=O)C(C)(C)C)CCCCC1)C1(C)CCCCC1)C2(C)C)C(=O)C(=O)NC(CC)CC. The van der Waals surface area contributed by atoms with Gasteiger partial charge in [0.1, 0.15) is 12.1 Å². The average Bonchev–Trinajstić information content (AvgIpc) is 3.38. The molecule has 0 spiro atoms. The Morgan fingerprint density at radius 2 is 1.38 bits per heavy atom. The first-order valence-electron chi connectivity index (χ1n) is 20.4. The molecule has 1 saturated heterocycles. The van der Waals surface area contributed by atoms with Crippen LogP contribution < -0.4 is 21.3 Å². The van der Waals surface area contributed by atoms with E-state index in [1.165, 1.54) is 0 Å². The van der Waals surface area contributed by atoms with Gasteiger partial charge in [-0.05, 0) is 88.4 Å². The van der Waals surface area contributed by atoms with Crippen molar-refractivity contribution in [2.24, 2.45) is 22.7 Å². The van der Waals surface area contributed by atoms with Crippen LogP contribution in [0.25, 0.3) is 0 Å². The van der Waals surface area contributed by atoms with Gasteiger partial charge in [-0.1, -0.05) is 86.5 Å². The summed E-state index contributed by atoms with van der Waals surface area (Å²) in [6.07, 6.45) is 10.1. The minimum absolute atomic E-state index is 0.0717. The van der Waals surface area contributed by atoms with Crippen LogP contribution in [0.15, 0.2) is 0 Å². The summed E-state index contributed by atoms with van der Waals surface area (Å²) in [4.78, 5) is 71.3. The second kappa shape index (κ2) is 16.6.